The average Bonchev–Trinajstić information content (AvgIpc) is 3.50. The first-order chi connectivity index (χ1) is 19.3. The first-order valence-corrected chi connectivity index (χ1v) is 13.3. The van der Waals surface area contributed by atoms with E-state index < -0.39 is 23.2 Å². The summed E-state index contributed by atoms with van der Waals surface area (Å²) in [5, 5.41) is 17.4. The van der Waals surface area contributed by atoms with Crippen molar-refractivity contribution in [1.82, 2.24) is 15.0 Å². The number of imidazole rings is 1. The van der Waals surface area contributed by atoms with Crippen molar-refractivity contribution in [3.8, 4) is 22.4 Å². The number of aliphatic hydroxyl groups is 1. The minimum Gasteiger partial charge on any atom is -0.444 e. The van der Waals surface area contributed by atoms with Crippen molar-refractivity contribution in [2.75, 3.05) is 10.6 Å². The first kappa shape index (κ1) is 28.2. The second-order valence-corrected chi connectivity index (χ2v) is 11.3. The van der Waals surface area contributed by atoms with E-state index in [1.807, 2.05) is 6.07 Å². The predicted molar refractivity (Wildman–Crippen MR) is 151 cm³/mol. The van der Waals surface area contributed by atoms with Gasteiger partial charge < -0.3 is 20.1 Å². The zero-order valence-corrected chi connectivity index (χ0v) is 23.6. The molecular formula is C29H29ClFN6O4+. The lowest BCUT2D eigenvalue weighted by molar-refractivity contribution is -0.403. The molecule has 0 saturated carbocycles. The van der Waals surface area contributed by atoms with Crippen molar-refractivity contribution < 1.29 is 28.8 Å². The third-order valence-corrected chi connectivity index (χ3v) is 6.77. The number of carbonyl (C=O) groups is 2. The van der Waals surface area contributed by atoms with Crippen LogP contribution in [0.4, 0.5) is 20.7 Å². The Morgan fingerprint density at radius 3 is 2.66 bits per heavy atom. The van der Waals surface area contributed by atoms with Crippen molar-refractivity contribution in [1.29, 1.82) is 0 Å². The lowest BCUT2D eigenvalue weighted by Crippen LogP contribution is -2.32. The Hall–Kier alpha value is -4.35. The molecular weight excluding hydrogens is 551 g/mol. The van der Waals surface area contributed by atoms with Gasteiger partial charge in [0, 0.05) is 28.6 Å². The van der Waals surface area contributed by atoms with Gasteiger partial charge in [-0.05, 0) is 70.0 Å². The van der Waals surface area contributed by atoms with Crippen LogP contribution in [0.25, 0.3) is 22.4 Å². The van der Waals surface area contributed by atoms with Gasteiger partial charge in [0.2, 0.25) is 23.1 Å². The Balaban J connectivity index is 1.43. The van der Waals surface area contributed by atoms with E-state index >= 15 is 0 Å². The van der Waals surface area contributed by atoms with Gasteiger partial charge in [-0.2, -0.15) is 4.39 Å². The molecule has 212 valence electrons. The molecule has 2 amide bonds. The third-order valence-electron chi connectivity index (χ3n) is 6.53. The Labute approximate surface area is 240 Å². The number of amides is 2. The molecule has 3 heterocycles. The number of benzene rings is 1. The quantitative estimate of drug-likeness (QED) is 0.238. The Morgan fingerprint density at radius 1 is 1.17 bits per heavy atom. The number of H-pyrrole nitrogens is 2. The van der Waals surface area contributed by atoms with Gasteiger partial charge in [0.25, 0.3) is 0 Å². The fourth-order valence-electron chi connectivity index (χ4n) is 4.79. The standard InChI is InChI=1S/C29H28ClFN6O4/c1-15(38)34-23-8-6-19(25(31)37-23)22-14-33-26(35-22)29(40)10-9-16-11-17(13-32-24(16)29)20-12-18(30)5-7-21(20)36-27(39)41-28(2,3)4/h5-8,11-14,40H,9-10H2,1-4H3,(H,33,35)(H,36,39)(H,34,37,38)/p+1. The Bertz CT molecular complexity index is 1670. The number of fused-ring (bicyclic) bond motifs is 1. The molecule has 0 bridgehead atoms. The summed E-state index contributed by atoms with van der Waals surface area (Å²) in [6.07, 6.45) is 3.41. The van der Waals surface area contributed by atoms with Crippen molar-refractivity contribution in [3.05, 3.63) is 76.8 Å². The normalized spacial score (nSPS) is 16.3. The molecule has 1 aromatic carbocycles. The molecule has 1 aliphatic carbocycles. The van der Waals surface area contributed by atoms with Crippen molar-refractivity contribution >= 4 is 35.1 Å². The number of anilines is 2. The van der Waals surface area contributed by atoms with E-state index in [0.29, 0.717) is 40.5 Å². The molecule has 0 fully saturated rings. The number of aryl methyl sites for hydroxylation is 1. The van der Waals surface area contributed by atoms with Gasteiger partial charge in [0.1, 0.15) is 17.2 Å². The number of aromatic amines is 2. The number of aromatic nitrogens is 4. The number of ether oxygens (including phenoxy) is 1. The molecule has 0 spiro atoms. The average molecular weight is 580 g/mol. The topological polar surface area (TPSA) is 143 Å². The van der Waals surface area contributed by atoms with E-state index in [2.05, 4.69) is 30.6 Å². The number of nitrogens with zero attached hydrogens (tertiary/aromatic N) is 2. The van der Waals surface area contributed by atoms with E-state index in [1.54, 1.807) is 45.2 Å². The SMILES string of the molecule is CC(=O)Nc1ccc(-c2cnc(C3(O)CCc4cc(-c5cc(Cl)ccc5NC(=O)OC(C)(C)C)c[nH+]c43)[nH]2)c(F)n1. The van der Waals surface area contributed by atoms with Crippen LogP contribution < -0.4 is 15.6 Å². The number of rotatable bonds is 5. The summed E-state index contributed by atoms with van der Waals surface area (Å²) >= 11 is 6.29. The van der Waals surface area contributed by atoms with Crippen LogP contribution in [0.2, 0.25) is 5.02 Å². The minimum atomic E-state index is -1.47. The number of halogens is 2. The fourth-order valence-corrected chi connectivity index (χ4v) is 4.96. The molecule has 1 unspecified atom stereocenters. The zero-order chi connectivity index (χ0) is 29.5. The highest BCUT2D eigenvalue weighted by atomic mass is 35.5. The molecule has 5 N–H and O–H groups in total. The monoisotopic (exact) mass is 579 g/mol. The second kappa shape index (κ2) is 10.6. The molecule has 3 aromatic heterocycles. The molecule has 1 aliphatic rings. The summed E-state index contributed by atoms with van der Waals surface area (Å²) in [7, 11) is 0. The third kappa shape index (κ3) is 5.91. The van der Waals surface area contributed by atoms with Crippen LogP contribution in [0, 0.1) is 5.95 Å². The van der Waals surface area contributed by atoms with Gasteiger partial charge in [0.05, 0.1) is 23.1 Å². The number of carbonyl (C=O) groups excluding carboxylic acids is 2. The van der Waals surface area contributed by atoms with Gasteiger partial charge in [0.15, 0.2) is 6.20 Å². The summed E-state index contributed by atoms with van der Waals surface area (Å²) in [5.41, 5.74) is 1.66. The van der Waals surface area contributed by atoms with Crippen LogP contribution in [0.1, 0.15) is 51.2 Å². The zero-order valence-electron chi connectivity index (χ0n) is 22.9. The van der Waals surface area contributed by atoms with E-state index in [-0.39, 0.29) is 23.1 Å². The molecule has 1 atom stereocenters. The molecule has 41 heavy (non-hydrogen) atoms. The maximum Gasteiger partial charge on any atom is 0.412 e. The molecule has 4 aromatic rings. The van der Waals surface area contributed by atoms with Crippen molar-refractivity contribution in [3.63, 3.8) is 0 Å². The highest BCUT2D eigenvalue weighted by molar-refractivity contribution is 6.31. The van der Waals surface area contributed by atoms with Crippen LogP contribution in [0.3, 0.4) is 0 Å². The van der Waals surface area contributed by atoms with E-state index in [9.17, 15) is 19.1 Å². The summed E-state index contributed by atoms with van der Waals surface area (Å²) in [6.45, 7) is 6.66. The number of hydrogen-bond donors (Lipinski definition) is 4. The molecule has 0 radical (unpaired) electrons. The second-order valence-electron chi connectivity index (χ2n) is 10.8. The van der Waals surface area contributed by atoms with Gasteiger partial charge in [-0.15, -0.1) is 0 Å². The van der Waals surface area contributed by atoms with Crippen LogP contribution in [-0.4, -0.2) is 37.7 Å². The molecule has 5 rings (SSSR count). The maximum atomic E-state index is 14.7. The van der Waals surface area contributed by atoms with Gasteiger partial charge >= 0.3 is 6.09 Å². The smallest absolute Gasteiger partial charge is 0.412 e. The van der Waals surface area contributed by atoms with E-state index in [0.717, 1.165) is 11.1 Å². The van der Waals surface area contributed by atoms with E-state index in [4.69, 9.17) is 16.3 Å². The number of pyridine rings is 2. The number of nitrogens with one attached hydrogen (secondary N) is 4. The summed E-state index contributed by atoms with van der Waals surface area (Å²) in [6, 6.07) is 9.99. The van der Waals surface area contributed by atoms with Crippen LogP contribution in [-0.2, 0) is 21.6 Å². The highest BCUT2D eigenvalue weighted by Crippen LogP contribution is 2.41. The van der Waals surface area contributed by atoms with E-state index in [1.165, 1.54) is 25.3 Å². The minimum absolute atomic E-state index is 0.0939. The molecule has 0 aliphatic heterocycles. The van der Waals surface area contributed by atoms with Crippen molar-refractivity contribution in [2.45, 2.75) is 51.7 Å². The molecule has 0 saturated heterocycles. The fraction of sp³-hybridized carbons (Fsp3) is 0.276. The Kier molecular flexibility index (Phi) is 7.26. The van der Waals surface area contributed by atoms with Crippen LogP contribution in [0.15, 0.2) is 48.8 Å². The predicted octanol–water partition coefficient (Wildman–Crippen LogP) is 5.23. The summed E-state index contributed by atoms with van der Waals surface area (Å²) in [5.74, 6) is -0.813. The first-order valence-electron chi connectivity index (χ1n) is 12.9. The summed E-state index contributed by atoms with van der Waals surface area (Å²) in [4.78, 5) is 38.1. The molecule has 10 nitrogen and oxygen atoms in total. The van der Waals surface area contributed by atoms with Crippen LogP contribution in [0.5, 0.6) is 0 Å². The highest BCUT2D eigenvalue weighted by Gasteiger charge is 2.47. The Morgan fingerprint density at radius 2 is 1.95 bits per heavy atom. The maximum absolute atomic E-state index is 14.7. The van der Waals surface area contributed by atoms with Gasteiger partial charge in [-0.3, -0.25) is 10.1 Å². The lowest BCUT2D eigenvalue weighted by Gasteiger charge is -2.20. The van der Waals surface area contributed by atoms with Crippen molar-refractivity contribution in [2.24, 2.45) is 0 Å². The summed E-state index contributed by atoms with van der Waals surface area (Å²) < 4.78 is 20.1. The van der Waals surface area contributed by atoms with Gasteiger partial charge in [-0.25, -0.2) is 19.7 Å². The van der Waals surface area contributed by atoms with Gasteiger partial charge in [-0.1, -0.05) is 11.6 Å². The number of hydrogen-bond acceptors (Lipinski definition) is 6. The lowest BCUT2D eigenvalue weighted by atomic mass is 9.98. The largest absolute Gasteiger partial charge is 0.444 e. The van der Waals surface area contributed by atoms with Crippen LogP contribution >= 0.6 is 11.6 Å². The molecule has 12 heteroatoms.